The van der Waals surface area contributed by atoms with Crippen LogP contribution in [-0.4, -0.2) is 30.0 Å². The number of halogens is 1. The van der Waals surface area contributed by atoms with Crippen LogP contribution in [0.15, 0.2) is 36.4 Å². The zero-order valence-corrected chi connectivity index (χ0v) is 14.0. The van der Waals surface area contributed by atoms with E-state index in [1.807, 2.05) is 6.92 Å². The van der Waals surface area contributed by atoms with E-state index in [1.165, 1.54) is 12.1 Å². The third-order valence-corrected chi connectivity index (χ3v) is 4.46. The lowest BCUT2D eigenvalue weighted by atomic mass is 10.1. The molecule has 1 aliphatic rings. The molecule has 2 heterocycles. The molecule has 3 rings (SSSR count). The van der Waals surface area contributed by atoms with Gasteiger partial charge in [0.05, 0.1) is 17.0 Å². The number of nitrogens with one attached hydrogen (secondary N) is 2. The van der Waals surface area contributed by atoms with Gasteiger partial charge in [-0.3, -0.25) is 9.78 Å². The molecule has 1 amide bonds. The van der Waals surface area contributed by atoms with E-state index in [-0.39, 0.29) is 11.7 Å². The fourth-order valence-electron chi connectivity index (χ4n) is 3.10. The van der Waals surface area contributed by atoms with Gasteiger partial charge in [-0.25, -0.2) is 4.39 Å². The van der Waals surface area contributed by atoms with Gasteiger partial charge in [0, 0.05) is 18.2 Å². The number of carbonyl (C=O) groups excluding carboxylic acids is 1. The van der Waals surface area contributed by atoms with Crippen LogP contribution in [0.1, 0.15) is 29.4 Å². The fourth-order valence-corrected chi connectivity index (χ4v) is 3.10. The van der Waals surface area contributed by atoms with Crippen molar-refractivity contribution in [1.29, 1.82) is 0 Å². The number of aromatic nitrogens is 1. The Morgan fingerprint density at radius 2 is 2.04 bits per heavy atom. The second-order valence-corrected chi connectivity index (χ2v) is 6.46. The van der Waals surface area contributed by atoms with Crippen molar-refractivity contribution in [1.82, 2.24) is 15.6 Å². The van der Waals surface area contributed by atoms with Crippen LogP contribution in [0.3, 0.4) is 0 Å². The van der Waals surface area contributed by atoms with Crippen molar-refractivity contribution >= 4 is 5.91 Å². The predicted octanol–water partition coefficient (Wildman–Crippen LogP) is 2.92. The maximum Gasteiger partial charge on any atom is 0.253 e. The van der Waals surface area contributed by atoms with Crippen molar-refractivity contribution in [3.8, 4) is 11.3 Å². The van der Waals surface area contributed by atoms with E-state index in [9.17, 15) is 9.18 Å². The topological polar surface area (TPSA) is 54.0 Å². The van der Waals surface area contributed by atoms with E-state index in [1.54, 1.807) is 24.3 Å². The quantitative estimate of drug-likeness (QED) is 0.908. The second-order valence-electron chi connectivity index (χ2n) is 6.46. The van der Waals surface area contributed by atoms with Gasteiger partial charge in [-0.1, -0.05) is 0 Å². The first-order chi connectivity index (χ1) is 11.5. The van der Waals surface area contributed by atoms with E-state index in [0.717, 1.165) is 24.2 Å². The Balaban J connectivity index is 1.67. The molecule has 2 N–H and O–H groups in total. The zero-order chi connectivity index (χ0) is 17.1. The highest BCUT2D eigenvalue weighted by Crippen LogP contribution is 2.19. The molecule has 0 spiro atoms. The molecule has 4 nitrogen and oxygen atoms in total. The van der Waals surface area contributed by atoms with Crippen LogP contribution in [0, 0.1) is 18.7 Å². The average Bonchev–Trinajstić information content (AvgIpc) is 2.99. The molecular weight excluding hydrogens is 305 g/mol. The molecule has 1 aromatic heterocycles. The molecule has 0 saturated carbocycles. The fraction of sp³-hybridized carbons (Fsp3) is 0.368. The van der Waals surface area contributed by atoms with Crippen LogP contribution in [0.4, 0.5) is 4.39 Å². The summed E-state index contributed by atoms with van der Waals surface area (Å²) in [5.41, 5.74) is 2.82. The molecule has 24 heavy (non-hydrogen) atoms. The highest BCUT2D eigenvalue weighted by Gasteiger charge is 2.21. The summed E-state index contributed by atoms with van der Waals surface area (Å²) in [6.07, 6.45) is 1.08. The van der Waals surface area contributed by atoms with Crippen LogP contribution in [0.25, 0.3) is 11.3 Å². The first-order valence-electron chi connectivity index (χ1n) is 8.28. The number of pyridine rings is 1. The van der Waals surface area contributed by atoms with Crippen LogP contribution >= 0.6 is 0 Å². The Hall–Kier alpha value is -2.27. The molecule has 1 aliphatic heterocycles. The van der Waals surface area contributed by atoms with Crippen LogP contribution in [-0.2, 0) is 0 Å². The second kappa shape index (κ2) is 7.09. The molecule has 2 atom stereocenters. The summed E-state index contributed by atoms with van der Waals surface area (Å²) in [5, 5.41) is 6.38. The Kier molecular flexibility index (Phi) is 4.90. The van der Waals surface area contributed by atoms with E-state index >= 15 is 0 Å². The SMILES string of the molecule is Cc1nc(-c2ccc(F)cc2)ccc1C(=O)NCC1CNC(C)C1. The monoisotopic (exact) mass is 327 g/mol. The maximum atomic E-state index is 13.0. The number of carbonyl (C=O) groups is 1. The summed E-state index contributed by atoms with van der Waals surface area (Å²) in [6, 6.07) is 10.3. The first kappa shape index (κ1) is 16.6. The van der Waals surface area contributed by atoms with Crippen LogP contribution in [0.5, 0.6) is 0 Å². The van der Waals surface area contributed by atoms with Crippen molar-refractivity contribution in [3.05, 3.63) is 53.5 Å². The summed E-state index contributed by atoms with van der Waals surface area (Å²) in [6.45, 7) is 5.60. The smallest absolute Gasteiger partial charge is 0.253 e. The Morgan fingerprint density at radius 1 is 1.29 bits per heavy atom. The average molecular weight is 327 g/mol. The highest BCUT2D eigenvalue weighted by atomic mass is 19.1. The van der Waals surface area contributed by atoms with Crippen molar-refractivity contribution in [2.75, 3.05) is 13.1 Å². The lowest BCUT2D eigenvalue weighted by Gasteiger charge is -2.12. The minimum atomic E-state index is -0.276. The molecule has 0 radical (unpaired) electrons. The molecule has 1 saturated heterocycles. The predicted molar refractivity (Wildman–Crippen MR) is 92.3 cm³/mol. The van der Waals surface area contributed by atoms with Crippen molar-refractivity contribution in [2.45, 2.75) is 26.3 Å². The normalized spacial score (nSPS) is 20.1. The van der Waals surface area contributed by atoms with Gasteiger partial charge in [0.15, 0.2) is 0 Å². The van der Waals surface area contributed by atoms with Gasteiger partial charge in [0.25, 0.3) is 5.91 Å². The molecular formula is C19H22FN3O. The van der Waals surface area contributed by atoms with E-state index < -0.39 is 0 Å². The number of aryl methyl sites for hydroxylation is 1. The highest BCUT2D eigenvalue weighted by molar-refractivity contribution is 5.95. The number of amides is 1. The number of nitrogens with zero attached hydrogens (tertiary/aromatic N) is 1. The molecule has 126 valence electrons. The number of hydrogen-bond donors (Lipinski definition) is 2. The lowest BCUT2D eigenvalue weighted by Crippen LogP contribution is -2.30. The maximum absolute atomic E-state index is 13.0. The lowest BCUT2D eigenvalue weighted by molar-refractivity contribution is 0.0947. The summed E-state index contributed by atoms with van der Waals surface area (Å²) in [5.74, 6) is 0.114. The van der Waals surface area contributed by atoms with Gasteiger partial charge < -0.3 is 10.6 Å². The number of benzene rings is 1. The Bertz CT molecular complexity index is 730. The van der Waals surface area contributed by atoms with E-state index in [2.05, 4.69) is 22.5 Å². The van der Waals surface area contributed by atoms with Gasteiger partial charge in [-0.15, -0.1) is 0 Å². The number of rotatable bonds is 4. The van der Waals surface area contributed by atoms with E-state index in [0.29, 0.717) is 29.8 Å². The van der Waals surface area contributed by atoms with E-state index in [4.69, 9.17) is 0 Å². The Morgan fingerprint density at radius 3 is 2.67 bits per heavy atom. The minimum Gasteiger partial charge on any atom is -0.352 e. The van der Waals surface area contributed by atoms with Crippen molar-refractivity contribution in [2.24, 2.45) is 5.92 Å². The largest absolute Gasteiger partial charge is 0.352 e. The molecule has 0 bridgehead atoms. The summed E-state index contributed by atoms with van der Waals surface area (Å²) < 4.78 is 13.0. The minimum absolute atomic E-state index is 0.0924. The van der Waals surface area contributed by atoms with Crippen LogP contribution < -0.4 is 10.6 Å². The van der Waals surface area contributed by atoms with Crippen molar-refractivity contribution < 1.29 is 9.18 Å². The molecule has 5 heteroatoms. The van der Waals surface area contributed by atoms with Gasteiger partial charge in [0.1, 0.15) is 5.82 Å². The first-order valence-corrected chi connectivity index (χ1v) is 8.28. The zero-order valence-electron chi connectivity index (χ0n) is 14.0. The van der Waals surface area contributed by atoms with Crippen molar-refractivity contribution in [3.63, 3.8) is 0 Å². The molecule has 1 fully saturated rings. The summed E-state index contributed by atoms with van der Waals surface area (Å²) in [7, 11) is 0. The van der Waals surface area contributed by atoms with Gasteiger partial charge in [-0.2, -0.15) is 0 Å². The molecule has 0 aliphatic carbocycles. The van der Waals surface area contributed by atoms with Gasteiger partial charge in [-0.05, 0) is 69.1 Å². The third kappa shape index (κ3) is 3.79. The third-order valence-electron chi connectivity index (χ3n) is 4.46. The van der Waals surface area contributed by atoms with Crippen LogP contribution in [0.2, 0.25) is 0 Å². The molecule has 1 aromatic carbocycles. The molecule has 2 unspecified atom stereocenters. The van der Waals surface area contributed by atoms with Gasteiger partial charge >= 0.3 is 0 Å². The summed E-state index contributed by atoms with van der Waals surface area (Å²) >= 11 is 0. The number of hydrogen-bond acceptors (Lipinski definition) is 3. The van der Waals surface area contributed by atoms with Gasteiger partial charge in [0.2, 0.25) is 0 Å². The standard InChI is InChI=1S/C19H22FN3O/c1-12-9-14(10-21-12)11-22-19(24)17-7-8-18(23-13(17)2)15-3-5-16(20)6-4-15/h3-8,12,14,21H,9-11H2,1-2H3,(H,22,24). The Labute approximate surface area is 141 Å². The molecule has 2 aromatic rings. The summed E-state index contributed by atoms with van der Waals surface area (Å²) in [4.78, 5) is 16.9.